The molecule has 156 valence electrons. The molecular weight excluding hydrogens is 432 g/mol. The largest absolute Gasteiger partial charge is 0.480 e. The van der Waals surface area contributed by atoms with Gasteiger partial charge in [-0.2, -0.15) is 4.31 Å². The van der Waals surface area contributed by atoms with Gasteiger partial charge >= 0.3 is 5.97 Å². The first-order chi connectivity index (χ1) is 14.2. The second-order valence-electron chi connectivity index (χ2n) is 6.20. The number of carboxylic acids is 1. The number of hydrogen-bond donors (Lipinski definition) is 3. The first-order valence-corrected chi connectivity index (χ1v) is 10.3. The molecule has 30 heavy (non-hydrogen) atoms. The molecule has 0 unspecified atom stereocenters. The van der Waals surface area contributed by atoms with Gasteiger partial charge in [0.25, 0.3) is 0 Å². The van der Waals surface area contributed by atoms with E-state index in [1.807, 2.05) is 0 Å². The topological polar surface area (TPSA) is 154 Å². The van der Waals surface area contributed by atoms with Crippen LogP contribution in [0.3, 0.4) is 0 Å². The third-order valence-corrected chi connectivity index (χ3v) is 6.30. The summed E-state index contributed by atoms with van der Waals surface area (Å²) in [7, 11) is -4.16. The molecule has 1 aromatic carbocycles. The summed E-state index contributed by atoms with van der Waals surface area (Å²) in [6, 6.07) is 9.16. The number of pyridine rings is 2. The van der Waals surface area contributed by atoms with Crippen LogP contribution in [0.5, 0.6) is 0 Å². The lowest BCUT2D eigenvalue weighted by molar-refractivity contribution is -0.137. The van der Waals surface area contributed by atoms with Gasteiger partial charge in [0.15, 0.2) is 0 Å². The molecule has 0 amide bonds. The molecule has 3 rings (SSSR count). The highest BCUT2D eigenvalue weighted by Gasteiger charge is 2.28. The number of benzene rings is 1. The number of rotatable bonds is 7. The molecule has 2 aromatic heterocycles. The van der Waals surface area contributed by atoms with Crippen LogP contribution in [0.2, 0.25) is 0 Å². The number of nitrogens with two attached hydrogens (primary N) is 1. The highest BCUT2D eigenvalue weighted by Crippen LogP contribution is 2.29. The second kappa shape index (κ2) is 8.61. The molecule has 0 radical (unpaired) electrons. The first kappa shape index (κ1) is 21.4. The summed E-state index contributed by atoms with van der Waals surface area (Å²) in [6.45, 7) is -0.930. The van der Waals surface area contributed by atoms with Gasteiger partial charge in [-0.15, -0.1) is 0 Å². The van der Waals surface area contributed by atoms with Gasteiger partial charge in [0, 0.05) is 34.9 Å². The SMILES string of the molecule is N=C(N)N(Cl)c1cncc2cc(S(=O)(=O)N(CC(=O)O)Cc3ccccn3)ccc12. The third kappa shape index (κ3) is 4.48. The Kier molecular flexibility index (Phi) is 6.15. The number of aromatic nitrogens is 2. The standard InChI is InChI=1S/C18H17ClN6O4S/c19-25(18(20)21)16-9-22-8-12-7-14(4-5-15(12)16)30(28,29)24(11-17(26)27)10-13-3-1-2-6-23-13/h1-9H,10-11H2,(H3,20,21)(H,26,27). The maximum atomic E-state index is 13.2. The average Bonchev–Trinajstić information content (AvgIpc) is 2.72. The molecule has 0 atom stereocenters. The molecule has 10 nitrogen and oxygen atoms in total. The lowest BCUT2D eigenvalue weighted by atomic mass is 10.1. The molecule has 0 aliphatic heterocycles. The number of anilines is 1. The smallest absolute Gasteiger partial charge is 0.318 e. The minimum absolute atomic E-state index is 0.116. The molecule has 0 saturated heterocycles. The Hall–Kier alpha value is -3.28. The Morgan fingerprint density at radius 3 is 2.63 bits per heavy atom. The van der Waals surface area contributed by atoms with E-state index in [0.717, 1.165) is 8.72 Å². The van der Waals surface area contributed by atoms with Crippen LogP contribution in [0, 0.1) is 5.41 Å². The van der Waals surface area contributed by atoms with Crippen molar-refractivity contribution in [1.82, 2.24) is 14.3 Å². The highest BCUT2D eigenvalue weighted by molar-refractivity contribution is 7.89. The Labute approximate surface area is 177 Å². The molecule has 0 bridgehead atoms. The van der Waals surface area contributed by atoms with E-state index in [0.29, 0.717) is 22.2 Å². The number of carboxylic acid groups (broad SMARTS) is 1. The summed E-state index contributed by atoms with van der Waals surface area (Å²) >= 11 is 5.99. The summed E-state index contributed by atoms with van der Waals surface area (Å²) in [5, 5.41) is 17.6. The van der Waals surface area contributed by atoms with Crippen LogP contribution in [-0.2, 0) is 21.4 Å². The molecule has 3 aromatic rings. The van der Waals surface area contributed by atoms with Crippen LogP contribution in [0.25, 0.3) is 10.8 Å². The van der Waals surface area contributed by atoms with Gasteiger partial charge in [0.2, 0.25) is 16.0 Å². The lowest BCUT2D eigenvalue weighted by Crippen LogP contribution is -2.35. The highest BCUT2D eigenvalue weighted by atomic mass is 35.5. The van der Waals surface area contributed by atoms with Gasteiger partial charge in [-0.1, -0.05) is 12.1 Å². The number of fused-ring (bicyclic) bond motifs is 1. The Morgan fingerprint density at radius 2 is 2.00 bits per heavy atom. The molecular formula is C18H17ClN6O4S. The van der Waals surface area contributed by atoms with Crippen molar-refractivity contribution in [2.24, 2.45) is 5.73 Å². The lowest BCUT2D eigenvalue weighted by Gasteiger charge is -2.21. The molecule has 0 aliphatic carbocycles. The number of sulfonamides is 1. The van der Waals surface area contributed by atoms with Gasteiger partial charge < -0.3 is 10.8 Å². The number of halogens is 1. The van der Waals surface area contributed by atoms with Crippen LogP contribution >= 0.6 is 11.8 Å². The van der Waals surface area contributed by atoms with Gasteiger partial charge in [-0.25, -0.2) is 12.8 Å². The van der Waals surface area contributed by atoms with Gasteiger partial charge in [0.05, 0.1) is 29.0 Å². The van der Waals surface area contributed by atoms with E-state index in [9.17, 15) is 18.3 Å². The van der Waals surface area contributed by atoms with E-state index in [-0.39, 0.29) is 11.4 Å². The van der Waals surface area contributed by atoms with Crippen molar-refractivity contribution in [1.29, 1.82) is 5.41 Å². The van der Waals surface area contributed by atoms with E-state index < -0.39 is 28.5 Å². The summed E-state index contributed by atoms with van der Waals surface area (Å²) in [6.07, 6.45) is 4.32. The fourth-order valence-electron chi connectivity index (χ4n) is 2.78. The Morgan fingerprint density at radius 1 is 1.23 bits per heavy atom. The van der Waals surface area contributed by atoms with E-state index in [4.69, 9.17) is 22.9 Å². The van der Waals surface area contributed by atoms with Crippen LogP contribution in [0.4, 0.5) is 5.69 Å². The maximum Gasteiger partial charge on any atom is 0.318 e. The summed E-state index contributed by atoms with van der Waals surface area (Å²) < 4.78 is 28.1. The number of nitrogens with zero attached hydrogens (tertiary/aromatic N) is 4. The molecule has 0 saturated carbocycles. The summed E-state index contributed by atoms with van der Waals surface area (Å²) in [4.78, 5) is 19.2. The van der Waals surface area contributed by atoms with Crippen LogP contribution in [-0.4, -0.2) is 46.3 Å². The van der Waals surface area contributed by atoms with Crippen LogP contribution < -0.4 is 10.2 Å². The number of nitrogens with one attached hydrogen (secondary N) is 1. The summed E-state index contributed by atoms with van der Waals surface area (Å²) in [5.74, 6) is -1.72. The monoisotopic (exact) mass is 448 g/mol. The van der Waals surface area contributed by atoms with Crippen molar-refractivity contribution < 1.29 is 18.3 Å². The minimum atomic E-state index is -4.16. The van der Waals surface area contributed by atoms with Crippen molar-refractivity contribution in [3.05, 3.63) is 60.7 Å². The molecule has 0 spiro atoms. The normalized spacial score (nSPS) is 11.5. The Balaban J connectivity index is 2.04. The predicted molar refractivity (Wildman–Crippen MR) is 111 cm³/mol. The molecule has 12 heteroatoms. The van der Waals surface area contributed by atoms with Crippen LogP contribution in [0.15, 0.2) is 59.9 Å². The number of guanidine groups is 1. The minimum Gasteiger partial charge on any atom is -0.480 e. The van der Waals surface area contributed by atoms with Crippen molar-refractivity contribution in [3.8, 4) is 0 Å². The number of carbonyl (C=O) groups is 1. The summed E-state index contributed by atoms with van der Waals surface area (Å²) in [5.41, 5.74) is 6.12. The molecule has 0 fully saturated rings. The third-order valence-electron chi connectivity index (χ3n) is 4.15. The second-order valence-corrected chi connectivity index (χ2v) is 8.47. The van der Waals surface area contributed by atoms with Gasteiger partial charge in [0.1, 0.15) is 6.54 Å². The van der Waals surface area contributed by atoms with Crippen molar-refractivity contribution in [2.45, 2.75) is 11.4 Å². The zero-order valence-electron chi connectivity index (χ0n) is 15.4. The van der Waals surface area contributed by atoms with Crippen LogP contribution in [0.1, 0.15) is 5.69 Å². The van der Waals surface area contributed by atoms with Crippen molar-refractivity contribution in [3.63, 3.8) is 0 Å². The van der Waals surface area contributed by atoms with Crippen molar-refractivity contribution >= 4 is 50.2 Å². The fraction of sp³-hybridized carbons (Fsp3) is 0.111. The average molecular weight is 449 g/mol. The zero-order chi connectivity index (χ0) is 21.9. The molecule has 0 aliphatic rings. The fourth-order valence-corrected chi connectivity index (χ4v) is 4.31. The maximum absolute atomic E-state index is 13.2. The zero-order valence-corrected chi connectivity index (χ0v) is 17.0. The van der Waals surface area contributed by atoms with Crippen molar-refractivity contribution in [2.75, 3.05) is 11.0 Å². The predicted octanol–water partition coefficient (Wildman–Crippen LogP) is 1.76. The quantitative estimate of drug-likeness (QED) is 0.280. The number of aliphatic carboxylic acids is 1. The Bertz CT molecular complexity index is 1210. The van der Waals surface area contributed by atoms with E-state index in [1.165, 1.54) is 36.8 Å². The van der Waals surface area contributed by atoms with E-state index in [1.54, 1.807) is 18.2 Å². The number of hydrogen-bond acceptors (Lipinski definition) is 6. The van der Waals surface area contributed by atoms with Gasteiger partial charge in [-0.05, 0) is 24.3 Å². The molecule has 2 heterocycles. The van der Waals surface area contributed by atoms with E-state index in [2.05, 4.69) is 9.97 Å². The van der Waals surface area contributed by atoms with Gasteiger partial charge in [-0.3, -0.25) is 20.2 Å². The van der Waals surface area contributed by atoms with E-state index >= 15 is 0 Å². The first-order valence-electron chi connectivity index (χ1n) is 8.49. The molecule has 4 N–H and O–H groups in total.